The van der Waals surface area contributed by atoms with Gasteiger partial charge in [0.05, 0.1) is 12.3 Å². The molecule has 0 radical (unpaired) electrons. The second-order valence-corrected chi connectivity index (χ2v) is 8.33. The van der Waals surface area contributed by atoms with Crippen molar-refractivity contribution in [3.05, 3.63) is 23.9 Å². The number of nitrogens with one attached hydrogen (secondary N) is 1. The Morgan fingerprint density at radius 3 is 2.93 bits per heavy atom. The molecule has 1 N–H and O–H groups in total. The molecule has 0 bridgehead atoms. The number of fused-ring (bicyclic) bond motifs is 3. The lowest BCUT2D eigenvalue weighted by atomic mass is 9.92. The lowest BCUT2D eigenvalue weighted by Gasteiger charge is -2.27. The standard InChI is InChI=1S/C20H28N6O2/c1-2-13-10-14(28-20(27)25-8-4-3-5-9-25)11-15(13)19-24-23-17-12-22-18-16(26(17)19)6-7-21-18/h6-7,12-16,18,21H,2-5,8-11H2,1H3/t13-,14+,15+,16?,18?/m1/s1. The molecule has 1 saturated carbocycles. The monoisotopic (exact) mass is 384 g/mol. The molecule has 5 atom stereocenters. The molecule has 1 aliphatic carbocycles. The Morgan fingerprint density at radius 1 is 1.25 bits per heavy atom. The largest absolute Gasteiger partial charge is 0.446 e. The van der Waals surface area contributed by atoms with E-state index < -0.39 is 0 Å². The van der Waals surface area contributed by atoms with Gasteiger partial charge in [-0.25, -0.2) is 4.79 Å². The van der Waals surface area contributed by atoms with E-state index in [4.69, 9.17) is 4.74 Å². The van der Waals surface area contributed by atoms with Crippen LogP contribution in [0.15, 0.2) is 17.3 Å². The lowest BCUT2D eigenvalue weighted by molar-refractivity contribution is 0.0583. The smallest absolute Gasteiger partial charge is 0.410 e. The normalized spacial score (nSPS) is 33.5. The van der Waals surface area contributed by atoms with Crippen LogP contribution in [-0.4, -0.2) is 57.3 Å². The summed E-state index contributed by atoms with van der Waals surface area (Å²) in [6.45, 7) is 3.86. The molecule has 2 fully saturated rings. The molecule has 0 spiro atoms. The highest BCUT2D eigenvalue weighted by Crippen LogP contribution is 2.44. The maximum Gasteiger partial charge on any atom is 0.410 e. The second kappa shape index (κ2) is 7.22. The van der Waals surface area contributed by atoms with Crippen LogP contribution in [0.4, 0.5) is 4.79 Å². The number of carbonyl (C=O) groups is 1. The van der Waals surface area contributed by atoms with Gasteiger partial charge in [-0.05, 0) is 50.3 Å². The summed E-state index contributed by atoms with van der Waals surface area (Å²) < 4.78 is 8.14. The van der Waals surface area contributed by atoms with Gasteiger partial charge in [0.25, 0.3) is 0 Å². The van der Waals surface area contributed by atoms with Gasteiger partial charge in [-0.3, -0.25) is 9.56 Å². The van der Waals surface area contributed by atoms with Crippen molar-refractivity contribution in [1.82, 2.24) is 25.0 Å². The van der Waals surface area contributed by atoms with Gasteiger partial charge in [0, 0.05) is 19.0 Å². The summed E-state index contributed by atoms with van der Waals surface area (Å²) in [6.07, 6.45) is 11.9. The van der Waals surface area contributed by atoms with Crippen LogP contribution in [0.1, 0.15) is 69.1 Å². The predicted molar refractivity (Wildman–Crippen MR) is 104 cm³/mol. The number of ether oxygens (including phenoxy) is 1. The molecule has 1 aromatic rings. The average Bonchev–Trinajstić information content (AvgIpc) is 3.45. The molecular formula is C20H28N6O2. The number of rotatable bonds is 3. The first-order chi connectivity index (χ1) is 13.7. The summed E-state index contributed by atoms with van der Waals surface area (Å²) in [6, 6.07) is 0.123. The van der Waals surface area contributed by atoms with Crippen LogP contribution in [0, 0.1) is 5.92 Å². The van der Waals surface area contributed by atoms with Crippen molar-refractivity contribution in [3.63, 3.8) is 0 Å². The van der Waals surface area contributed by atoms with E-state index in [1.165, 1.54) is 6.42 Å². The van der Waals surface area contributed by atoms with Gasteiger partial charge in [0.2, 0.25) is 0 Å². The van der Waals surface area contributed by atoms with Gasteiger partial charge in [-0.15, -0.1) is 10.2 Å². The maximum absolute atomic E-state index is 12.6. The van der Waals surface area contributed by atoms with Gasteiger partial charge in [0.15, 0.2) is 5.82 Å². The van der Waals surface area contributed by atoms with Gasteiger partial charge < -0.3 is 15.0 Å². The van der Waals surface area contributed by atoms with E-state index in [1.807, 2.05) is 11.1 Å². The number of aromatic nitrogens is 3. The molecule has 5 rings (SSSR count). The molecule has 2 unspecified atom stereocenters. The number of amides is 1. The summed E-state index contributed by atoms with van der Waals surface area (Å²) in [5, 5.41) is 12.2. The van der Waals surface area contributed by atoms with E-state index in [0.29, 0.717) is 5.92 Å². The number of aliphatic imine (C=N–C) groups is 1. The lowest BCUT2D eigenvalue weighted by Crippen LogP contribution is -2.37. The molecule has 4 aliphatic rings. The fourth-order valence-corrected chi connectivity index (χ4v) is 5.16. The summed E-state index contributed by atoms with van der Waals surface area (Å²) >= 11 is 0. The molecule has 8 heteroatoms. The Kier molecular flexibility index (Phi) is 4.56. The number of carbonyl (C=O) groups excluding carboxylic acids is 1. The summed E-state index contributed by atoms with van der Waals surface area (Å²) in [5.41, 5.74) is 0. The summed E-state index contributed by atoms with van der Waals surface area (Å²) in [5.74, 6) is 2.52. The first-order valence-electron chi connectivity index (χ1n) is 10.6. The molecule has 1 amide bonds. The predicted octanol–water partition coefficient (Wildman–Crippen LogP) is 2.59. The highest BCUT2D eigenvalue weighted by atomic mass is 16.6. The second-order valence-electron chi connectivity index (χ2n) is 8.33. The van der Waals surface area contributed by atoms with Crippen LogP contribution < -0.4 is 5.32 Å². The number of nitrogens with zero attached hydrogens (tertiary/aromatic N) is 5. The molecule has 3 aliphatic heterocycles. The van der Waals surface area contributed by atoms with Crippen LogP contribution in [0.25, 0.3) is 0 Å². The maximum atomic E-state index is 12.6. The first kappa shape index (κ1) is 17.7. The Labute approximate surface area is 165 Å². The molecule has 0 aromatic carbocycles. The van der Waals surface area contributed by atoms with Crippen molar-refractivity contribution in [3.8, 4) is 0 Å². The van der Waals surface area contributed by atoms with E-state index in [0.717, 1.165) is 56.8 Å². The highest BCUT2D eigenvalue weighted by molar-refractivity contribution is 5.76. The van der Waals surface area contributed by atoms with Crippen LogP contribution in [0.3, 0.4) is 0 Å². The van der Waals surface area contributed by atoms with Crippen LogP contribution in [-0.2, 0) is 4.74 Å². The van der Waals surface area contributed by atoms with E-state index >= 15 is 0 Å². The zero-order chi connectivity index (χ0) is 19.1. The summed E-state index contributed by atoms with van der Waals surface area (Å²) in [7, 11) is 0. The molecule has 1 saturated heterocycles. The van der Waals surface area contributed by atoms with Crippen LogP contribution >= 0.6 is 0 Å². The zero-order valence-electron chi connectivity index (χ0n) is 16.3. The fourth-order valence-electron chi connectivity index (χ4n) is 5.16. The Bertz CT molecular complexity index is 797. The molecule has 28 heavy (non-hydrogen) atoms. The molecule has 4 heterocycles. The van der Waals surface area contributed by atoms with Gasteiger partial charge >= 0.3 is 6.09 Å². The fraction of sp³-hybridized carbons (Fsp3) is 0.700. The van der Waals surface area contributed by atoms with Gasteiger partial charge in [-0.1, -0.05) is 13.3 Å². The number of piperidine rings is 1. The third-order valence-corrected chi connectivity index (χ3v) is 6.67. The van der Waals surface area contributed by atoms with Crippen molar-refractivity contribution in [2.75, 3.05) is 13.1 Å². The minimum Gasteiger partial charge on any atom is -0.446 e. The quantitative estimate of drug-likeness (QED) is 0.866. The summed E-state index contributed by atoms with van der Waals surface area (Å²) in [4.78, 5) is 18.9. The minimum absolute atomic E-state index is 0.0245. The van der Waals surface area contributed by atoms with Crippen molar-refractivity contribution >= 4 is 12.3 Å². The number of hydrogen-bond donors (Lipinski definition) is 1. The molecule has 150 valence electrons. The topological polar surface area (TPSA) is 84.6 Å². The third-order valence-electron chi connectivity index (χ3n) is 6.67. The molecular weight excluding hydrogens is 356 g/mol. The van der Waals surface area contributed by atoms with E-state index in [-0.39, 0.29) is 30.3 Å². The van der Waals surface area contributed by atoms with E-state index in [1.54, 1.807) is 6.21 Å². The zero-order valence-corrected chi connectivity index (χ0v) is 16.3. The van der Waals surface area contributed by atoms with Crippen molar-refractivity contribution in [2.45, 2.75) is 69.7 Å². The van der Waals surface area contributed by atoms with Gasteiger partial charge in [-0.2, -0.15) is 0 Å². The van der Waals surface area contributed by atoms with E-state index in [2.05, 4.69) is 38.1 Å². The first-order valence-corrected chi connectivity index (χ1v) is 10.6. The molecule has 1 aromatic heterocycles. The van der Waals surface area contributed by atoms with Crippen LogP contribution in [0.5, 0.6) is 0 Å². The van der Waals surface area contributed by atoms with Crippen molar-refractivity contribution in [1.29, 1.82) is 0 Å². The SMILES string of the molecule is CC[C@@H]1C[C@H](OC(=O)N2CCCCC2)C[C@@H]1c1nnc2n1C1C=CNC1N=C2. The van der Waals surface area contributed by atoms with Crippen molar-refractivity contribution in [2.24, 2.45) is 10.9 Å². The Morgan fingerprint density at radius 2 is 2.11 bits per heavy atom. The van der Waals surface area contributed by atoms with E-state index in [9.17, 15) is 4.79 Å². The Balaban J connectivity index is 1.33. The minimum atomic E-state index is -0.140. The number of likely N-dealkylation sites (tertiary alicyclic amines) is 1. The van der Waals surface area contributed by atoms with Gasteiger partial charge in [0.1, 0.15) is 18.1 Å². The molecule has 8 nitrogen and oxygen atoms in total. The number of hydrogen-bond acceptors (Lipinski definition) is 6. The van der Waals surface area contributed by atoms with Crippen LogP contribution in [0.2, 0.25) is 0 Å². The van der Waals surface area contributed by atoms with Crippen molar-refractivity contribution < 1.29 is 9.53 Å². The third kappa shape index (κ3) is 2.99. The average molecular weight is 384 g/mol. The Hall–Kier alpha value is -2.38. The highest BCUT2D eigenvalue weighted by Gasteiger charge is 2.42.